The van der Waals surface area contributed by atoms with Gasteiger partial charge in [-0.25, -0.2) is 14.5 Å². The van der Waals surface area contributed by atoms with E-state index in [4.69, 9.17) is 0 Å². The van der Waals surface area contributed by atoms with Crippen molar-refractivity contribution in [3.63, 3.8) is 0 Å². The summed E-state index contributed by atoms with van der Waals surface area (Å²) in [5.41, 5.74) is 0.480. The molecule has 0 spiro atoms. The van der Waals surface area contributed by atoms with E-state index in [0.29, 0.717) is 17.9 Å². The van der Waals surface area contributed by atoms with Crippen LogP contribution in [0.5, 0.6) is 0 Å². The number of nitrogens with one attached hydrogen (secondary N) is 1. The number of carbonyl (C=O) groups is 1. The molecule has 0 radical (unpaired) electrons. The second-order valence-electron chi connectivity index (χ2n) is 6.17. The minimum Gasteiger partial charge on any atom is -0.343 e. The number of nitrogens with zero attached hydrogens (tertiary/aromatic N) is 5. The molecule has 3 aromatic heterocycles. The lowest BCUT2D eigenvalue weighted by molar-refractivity contribution is -0.146. The summed E-state index contributed by atoms with van der Waals surface area (Å²) in [7, 11) is 0. The SMILES string of the molecule is O=C(Nc1ccccn1)c1cnc2ccc(N3CCCC3C(F)(F)F)nn12. The van der Waals surface area contributed by atoms with Crippen LogP contribution in [0.1, 0.15) is 23.3 Å². The monoisotopic (exact) mass is 376 g/mol. The highest BCUT2D eigenvalue weighted by Gasteiger charge is 2.46. The molecular weight excluding hydrogens is 361 g/mol. The first-order valence-corrected chi connectivity index (χ1v) is 8.34. The Morgan fingerprint density at radius 3 is 2.78 bits per heavy atom. The van der Waals surface area contributed by atoms with Gasteiger partial charge >= 0.3 is 6.18 Å². The van der Waals surface area contributed by atoms with Crippen LogP contribution in [0.15, 0.2) is 42.7 Å². The van der Waals surface area contributed by atoms with Gasteiger partial charge < -0.3 is 10.2 Å². The zero-order valence-electron chi connectivity index (χ0n) is 14.0. The maximum Gasteiger partial charge on any atom is 0.408 e. The summed E-state index contributed by atoms with van der Waals surface area (Å²) in [5, 5.41) is 6.86. The number of rotatable bonds is 3. The van der Waals surface area contributed by atoms with Gasteiger partial charge in [0, 0.05) is 12.7 Å². The third-order valence-corrected chi connectivity index (χ3v) is 4.41. The number of imidazole rings is 1. The van der Waals surface area contributed by atoms with Gasteiger partial charge in [-0.15, -0.1) is 5.10 Å². The number of amides is 1. The molecule has 27 heavy (non-hydrogen) atoms. The summed E-state index contributed by atoms with van der Waals surface area (Å²) in [6.45, 7) is 0.257. The first-order chi connectivity index (χ1) is 12.9. The highest BCUT2D eigenvalue weighted by molar-refractivity contribution is 6.02. The highest BCUT2D eigenvalue weighted by Crippen LogP contribution is 2.35. The van der Waals surface area contributed by atoms with Gasteiger partial charge in [0.1, 0.15) is 17.7 Å². The zero-order chi connectivity index (χ0) is 19.0. The first kappa shape index (κ1) is 17.3. The van der Waals surface area contributed by atoms with Gasteiger partial charge in [0.05, 0.1) is 6.20 Å². The molecule has 10 heteroatoms. The lowest BCUT2D eigenvalue weighted by atomic mass is 10.2. The molecule has 140 valence electrons. The number of hydrogen-bond acceptors (Lipinski definition) is 5. The molecular formula is C17H15F3N6O. The topological polar surface area (TPSA) is 75.4 Å². The lowest BCUT2D eigenvalue weighted by Crippen LogP contribution is -2.41. The number of carbonyl (C=O) groups excluding carboxylic acids is 1. The number of pyridine rings is 1. The van der Waals surface area contributed by atoms with Crippen molar-refractivity contribution in [1.29, 1.82) is 0 Å². The molecule has 3 aromatic rings. The van der Waals surface area contributed by atoms with Crippen LogP contribution >= 0.6 is 0 Å². The van der Waals surface area contributed by atoms with Gasteiger partial charge in [-0.3, -0.25) is 4.79 Å². The number of aromatic nitrogens is 4. The molecule has 1 aliphatic rings. The van der Waals surface area contributed by atoms with Gasteiger partial charge in [-0.2, -0.15) is 13.2 Å². The van der Waals surface area contributed by atoms with Crippen LogP contribution in [0.25, 0.3) is 5.65 Å². The van der Waals surface area contributed by atoms with Gasteiger partial charge in [-0.05, 0) is 37.1 Å². The smallest absolute Gasteiger partial charge is 0.343 e. The number of fused-ring (bicyclic) bond motifs is 1. The van der Waals surface area contributed by atoms with Crippen molar-refractivity contribution in [2.45, 2.75) is 25.1 Å². The molecule has 1 unspecified atom stereocenters. The van der Waals surface area contributed by atoms with Crippen molar-refractivity contribution in [3.8, 4) is 0 Å². The maximum atomic E-state index is 13.2. The Kier molecular flexibility index (Phi) is 4.17. The summed E-state index contributed by atoms with van der Waals surface area (Å²) in [5.74, 6) is 0.0112. The number of alkyl halides is 3. The summed E-state index contributed by atoms with van der Waals surface area (Å²) in [6.07, 6.45) is -1.01. The lowest BCUT2D eigenvalue weighted by Gasteiger charge is -2.27. The molecule has 0 bridgehead atoms. The average Bonchev–Trinajstić information content (AvgIpc) is 3.29. The van der Waals surface area contributed by atoms with E-state index < -0.39 is 18.1 Å². The fourth-order valence-electron chi connectivity index (χ4n) is 3.17. The van der Waals surface area contributed by atoms with Crippen molar-refractivity contribution in [2.75, 3.05) is 16.8 Å². The highest BCUT2D eigenvalue weighted by atomic mass is 19.4. The predicted molar refractivity (Wildman–Crippen MR) is 91.6 cm³/mol. The second-order valence-corrected chi connectivity index (χ2v) is 6.17. The summed E-state index contributed by atoms with van der Waals surface area (Å²) >= 11 is 0. The van der Waals surface area contributed by atoms with Gasteiger partial charge in [0.15, 0.2) is 11.3 Å². The minimum atomic E-state index is -4.33. The van der Waals surface area contributed by atoms with Gasteiger partial charge in [-0.1, -0.05) is 6.07 Å². The zero-order valence-corrected chi connectivity index (χ0v) is 14.0. The van der Waals surface area contributed by atoms with Crippen molar-refractivity contribution in [2.24, 2.45) is 0 Å². The molecule has 0 aliphatic carbocycles. The molecule has 1 amide bonds. The molecule has 0 aromatic carbocycles. The van der Waals surface area contributed by atoms with E-state index in [1.54, 1.807) is 24.3 Å². The van der Waals surface area contributed by atoms with E-state index >= 15 is 0 Å². The standard InChI is InChI=1S/C17H15F3N6O/c18-17(19,20)12-4-3-9-25(12)15-7-6-14-22-10-11(26(14)24-15)16(27)23-13-5-1-2-8-21-13/h1-2,5-8,10,12H,3-4,9H2,(H,21,23,27). The van der Waals surface area contributed by atoms with Crippen LogP contribution in [0.3, 0.4) is 0 Å². The van der Waals surface area contributed by atoms with E-state index in [2.05, 4.69) is 20.4 Å². The normalized spacial score (nSPS) is 17.4. The molecule has 4 rings (SSSR count). The molecule has 1 saturated heterocycles. The van der Waals surface area contributed by atoms with E-state index in [-0.39, 0.29) is 24.5 Å². The van der Waals surface area contributed by atoms with Gasteiger partial charge in [0.2, 0.25) is 0 Å². The summed E-state index contributed by atoms with van der Waals surface area (Å²) < 4.78 is 41.0. The second kappa shape index (κ2) is 6.53. The van der Waals surface area contributed by atoms with Crippen molar-refractivity contribution >= 4 is 23.2 Å². The van der Waals surface area contributed by atoms with Crippen LogP contribution in [0.4, 0.5) is 24.8 Å². The minimum absolute atomic E-state index is 0.0279. The van der Waals surface area contributed by atoms with E-state index in [0.717, 1.165) is 0 Å². The Morgan fingerprint density at radius 2 is 2.04 bits per heavy atom. The molecule has 1 fully saturated rings. The fraction of sp³-hybridized carbons (Fsp3) is 0.294. The third-order valence-electron chi connectivity index (χ3n) is 4.41. The Bertz CT molecular complexity index is 972. The summed E-state index contributed by atoms with van der Waals surface area (Å²) in [4.78, 5) is 21.8. The molecule has 4 heterocycles. The first-order valence-electron chi connectivity index (χ1n) is 8.34. The van der Waals surface area contributed by atoms with Crippen LogP contribution in [0, 0.1) is 0 Å². The van der Waals surface area contributed by atoms with E-state index in [1.807, 2.05) is 0 Å². The number of hydrogen-bond donors (Lipinski definition) is 1. The number of halogens is 3. The quantitative estimate of drug-likeness (QED) is 0.761. The van der Waals surface area contributed by atoms with Crippen molar-refractivity contribution in [1.82, 2.24) is 19.6 Å². The molecule has 1 aliphatic heterocycles. The Labute approximate surface area is 151 Å². The predicted octanol–water partition coefficient (Wildman–Crippen LogP) is 2.91. The Balaban J connectivity index is 1.66. The van der Waals surface area contributed by atoms with Crippen LogP contribution in [0.2, 0.25) is 0 Å². The summed E-state index contributed by atoms with van der Waals surface area (Å²) in [6, 6.07) is 6.52. The maximum absolute atomic E-state index is 13.2. The van der Waals surface area contributed by atoms with Crippen molar-refractivity contribution < 1.29 is 18.0 Å². The van der Waals surface area contributed by atoms with E-state index in [1.165, 1.54) is 27.9 Å². The number of anilines is 2. The molecule has 1 N–H and O–H groups in total. The van der Waals surface area contributed by atoms with Crippen molar-refractivity contribution in [3.05, 3.63) is 48.4 Å². The molecule has 7 nitrogen and oxygen atoms in total. The van der Waals surface area contributed by atoms with Crippen LogP contribution in [-0.2, 0) is 0 Å². The van der Waals surface area contributed by atoms with Crippen LogP contribution < -0.4 is 10.2 Å². The van der Waals surface area contributed by atoms with Gasteiger partial charge in [0.25, 0.3) is 5.91 Å². The Hall–Kier alpha value is -3.17. The fourth-order valence-corrected chi connectivity index (χ4v) is 3.17. The third kappa shape index (κ3) is 3.29. The Morgan fingerprint density at radius 1 is 1.19 bits per heavy atom. The molecule has 0 saturated carbocycles. The van der Waals surface area contributed by atoms with Crippen LogP contribution in [-0.4, -0.2) is 44.3 Å². The molecule has 1 atom stereocenters. The average molecular weight is 376 g/mol. The van der Waals surface area contributed by atoms with E-state index in [9.17, 15) is 18.0 Å². The largest absolute Gasteiger partial charge is 0.408 e.